The molecule has 0 aliphatic carbocycles. The SMILES string of the molecule is COCC(C)C(CN)OCCO. The van der Waals surface area contributed by atoms with Gasteiger partial charge in [-0.25, -0.2) is 0 Å². The maximum atomic E-state index is 8.53. The highest BCUT2D eigenvalue weighted by atomic mass is 16.5. The van der Waals surface area contributed by atoms with Gasteiger partial charge in [-0.1, -0.05) is 6.92 Å². The first kappa shape index (κ1) is 11.8. The molecule has 0 saturated heterocycles. The van der Waals surface area contributed by atoms with E-state index in [1.54, 1.807) is 7.11 Å². The lowest BCUT2D eigenvalue weighted by atomic mass is 10.1. The molecule has 0 aromatic rings. The van der Waals surface area contributed by atoms with E-state index in [4.69, 9.17) is 20.3 Å². The van der Waals surface area contributed by atoms with Crippen molar-refractivity contribution in [2.24, 2.45) is 11.7 Å². The second kappa shape index (κ2) is 7.49. The lowest BCUT2D eigenvalue weighted by Gasteiger charge is -2.21. The molecule has 12 heavy (non-hydrogen) atoms. The molecule has 74 valence electrons. The van der Waals surface area contributed by atoms with Gasteiger partial charge in [0, 0.05) is 19.6 Å². The topological polar surface area (TPSA) is 64.7 Å². The van der Waals surface area contributed by atoms with Crippen molar-refractivity contribution in [3.8, 4) is 0 Å². The van der Waals surface area contributed by atoms with Gasteiger partial charge in [0.2, 0.25) is 0 Å². The number of nitrogens with two attached hydrogens (primary N) is 1. The van der Waals surface area contributed by atoms with Gasteiger partial charge in [0.15, 0.2) is 0 Å². The molecule has 0 heterocycles. The van der Waals surface area contributed by atoms with Crippen LogP contribution < -0.4 is 5.73 Å². The van der Waals surface area contributed by atoms with Gasteiger partial charge in [-0.05, 0) is 0 Å². The summed E-state index contributed by atoms with van der Waals surface area (Å²) in [7, 11) is 1.65. The van der Waals surface area contributed by atoms with E-state index in [1.165, 1.54) is 0 Å². The Balaban J connectivity index is 3.62. The molecule has 0 aliphatic rings. The van der Waals surface area contributed by atoms with Gasteiger partial charge in [-0.3, -0.25) is 0 Å². The van der Waals surface area contributed by atoms with Crippen molar-refractivity contribution in [3.05, 3.63) is 0 Å². The van der Waals surface area contributed by atoms with Crippen LogP contribution in [0.3, 0.4) is 0 Å². The Hall–Kier alpha value is -0.160. The zero-order chi connectivity index (χ0) is 9.40. The van der Waals surface area contributed by atoms with Crippen molar-refractivity contribution in [1.82, 2.24) is 0 Å². The van der Waals surface area contributed by atoms with Crippen molar-refractivity contribution in [2.45, 2.75) is 13.0 Å². The Morgan fingerprint density at radius 2 is 2.17 bits per heavy atom. The molecular formula is C8H19NO3. The number of hydrogen-bond donors (Lipinski definition) is 2. The number of ether oxygens (including phenoxy) is 2. The summed E-state index contributed by atoms with van der Waals surface area (Å²) in [4.78, 5) is 0. The molecule has 0 rings (SSSR count). The Morgan fingerprint density at radius 1 is 1.50 bits per heavy atom. The lowest BCUT2D eigenvalue weighted by molar-refractivity contribution is -0.0160. The normalized spacial score (nSPS) is 16.0. The van der Waals surface area contributed by atoms with Crippen molar-refractivity contribution in [3.63, 3.8) is 0 Å². The molecule has 2 unspecified atom stereocenters. The summed E-state index contributed by atoms with van der Waals surface area (Å²) >= 11 is 0. The highest BCUT2D eigenvalue weighted by Gasteiger charge is 2.15. The fourth-order valence-electron chi connectivity index (χ4n) is 1.04. The highest BCUT2D eigenvalue weighted by molar-refractivity contribution is 4.66. The Bertz CT molecular complexity index is 100. The summed E-state index contributed by atoms with van der Waals surface area (Å²) in [6, 6.07) is 0. The van der Waals surface area contributed by atoms with Crippen LogP contribution in [-0.2, 0) is 9.47 Å². The number of hydrogen-bond acceptors (Lipinski definition) is 4. The van der Waals surface area contributed by atoms with Gasteiger partial charge >= 0.3 is 0 Å². The van der Waals surface area contributed by atoms with Crippen molar-refractivity contribution >= 4 is 0 Å². The second-order valence-corrected chi connectivity index (χ2v) is 2.80. The molecule has 4 heteroatoms. The monoisotopic (exact) mass is 177 g/mol. The standard InChI is InChI=1S/C8H19NO3/c1-7(6-11-2)8(5-9)12-4-3-10/h7-8,10H,3-6,9H2,1-2H3. The highest BCUT2D eigenvalue weighted by Crippen LogP contribution is 2.06. The number of aliphatic hydroxyl groups excluding tert-OH is 1. The van der Waals surface area contributed by atoms with Crippen LogP contribution in [0.2, 0.25) is 0 Å². The van der Waals surface area contributed by atoms with Crippen LogP contribution >= 0.6 is 0 Å². The van der Waals surface area contributed by atoms with Gasteiger partial charge < -0.3 is 20.3 Å². The molecule has 0 aromatic heterocycles. The smallest absolute Gasteiger partial charge is 0.0745 e. The quantitative estimate of drug-likeness (QED) is 0.555. The predicted molar refractivity (Wildman–Crippen MR) is 46.9 cm³/mol. The maximum absolute atomic E-state index is 8.53. The summed E-state index contributed by atoms with van der Waals surface area (Å²) in [6.07, 6.45) is -0.0166. The van der Waals surface area contributed by atoms with E-state index in [0.717, 1.165) is 0 Å². The summed E-state index contributed by atoms with van der Waals surface area (Å²) in [5.41, 5.74) is 5.48. The average Bonchev–Trinajstić information content (AvgIpc) is 2.06. The molecule has 0 saturated carbocycles. The van der Waals surface area contributed by atoms with E-state index in [0.29, 0.717) is 19.8 Å². The fraction of sp³-hybridized carbons (Fsp3) is 1.00. The third kappa shape index (κ3) is 4.66. The molecule has 0 aliphatic heterocycles. The van der Waals surface area contributed by atoms with Gasteiger partial charge in [0.1, 0.15) is 0 Å². The zero-order valence-electron chi connectivity index (χ0n) is 7.82. The van der Waals surface area contributed by atoms with E-state index in [1.807, 2.05) is 6.92 Å². The van der Waals surface area contributed by atoms with Crippen molar-refractivity contribution in [2.75, 3.05) is 33.5 Å². The summed E-state index contributed by atoms with van der Waals surface area (Å²) in [5, 5.41) is 8.53. The van der Waals surface area contributed by atoms with Crippen molar-refractivity contribution in [1.29, 1.82) is 0 Å². The van der Waals surface area contributed by atoms with E-state index in [-0.39, 0.29) is 18.6 Å². The molecular weight excluding hydrogens is 158 g/mol. The van der Waals surface area contributed by atoms with Gasteiger partial charge in [0.25, 0.3) is 0 Å². The third-order valence-corrected chi connectivity index (χ3v) is 1.72. The van der Waals surface area contributed by atoms with E-state index in [2.05, 4.69) is 0 Å². The van der Waals surface area contributed by atoms with Crippen LogP contribution in [0, 0.1) is 5.92 Å². The summed E-state index contributed by atoms with van der Waals surface area (Å²) in [6.45, 7) is 3.49. The van der Waals surface area contributed by atoms with Crippen LogP contribution in [0.1, 0.15) is 6.92 Å². The molecule has 0 fully saturated rings. The van der Waals surface area contributed by atoms with E-state index in [9.17, 15) is 0 Å². The molecule has 3 N–H and O–H groups in total. The molecule has 0 aromatic carbocycles. The number of aliphatic hydroxyl groups is 1. The lowest BCUT2D eigenvalue weighted by Crippen LogP contribution is -2.33. The molecule has 0 bridgehead atoms. The maximum Gasteiger partial charge on any atom is 0.0745 e. The largest absolute Gasteiger partial charge is 0.394 e. The van der Waals surface area contributed by atoms with Gasteiger partial charge in [-0.2, -0.15) is 0 Å². The summed E-state index contributed by atoms with van der Waals surface area (Å²) in [5.74, 6) is 0.270. The first-order valence-corrected chi connectivity index (χ1v) is 4.17. The minimum absolute atomic E-state index is 0.0166. The van der Waals surface area contributed by atoms with Crippen LogP contribution in [-0.4, -0.2) is 44.7 Å². The Morgan fingerprint density at radius 3 is 2.58 bits per heavy atom. The fourth-order valence-corrected chi connectivity index (χ4v) is 1.04. The Labute approximate surface area is 73.7 Å². The minimum Gasteiger partial charge on any atom is -0.394 e. The number of methoxy groups -OCH3 is 1. The minimum atomic E-state index is -0.0166. The van der Waals surface area contributed by atoms with Crippen molar-refractivity contribution < 1.29 is 14.6 Å². The van der Waals surface area contributed by atoms with Gasteiger partial charge in [0.05, 0.1) is 25.9 Å². The van der Waals surface area contributed by atoms with E-state index < -0.39 is 0 Å². The molecule has 0 radical (unpaired) electrons. The number of rotatable bonds is 7. The zero-order valence-corrected chi connectivity index (χ0v) is 7.82. The molecule has 4 nitrogen and oxygen atoms in total. The van der Waals surface area contributed by atoms with Crippen LogP contribution in [0.15, 0.2) is 0 Å². The van der Waals surface area contributed by atoms with Crippen LogP contribution in [0.4, 0.5) is 0 Å². The average molecular weight is 177 g/mol. The van der Waals surface area contributed by atoms with Gasteiger partial charge in [-0.15, -0.1) is 0 Å². The summed E-state index contributed by atoms with van der Waals surface area (Å²) < 4.78 is 10.3. The molecule has 0 amide bonds. The molecule has 2 atom stereocenters. The Kier molecular flexibility index (Phi) is 7.39. The second-order valence-electron chi connectivity index (χ2n) is 2.80. The van der Waals surface area contributed by atoms with Crippen LogP contribution in [0.25, 0.3) is 0 Å². The molecule has 0 spiro atoms. The predicted octanol–water partition coefficient (Wildman–Crippen LogP) is -0.395. The first-order valence-electron chi connectivity index (χ1n) is 4.17. The van der Waals surface area contributed by atoms with Crippen LogP contribution in [0.5, 0.6) is 0 Å². The third-order valence-electron chi connectivity index (χ3n) is 1.72. The van der Waals surface area contributed by atoms with E-state index >= 15 is 0 Å². The first-order chi connectivity index (χ1) is 5.76.